The lowest BCUT2D eigenvalue weighted by atomic mass is 9.98. The molecule has 0 saturated carbocycles. The van der Waals surface area contributed by atoms with Crippen molar-refractivity contribution in [1.82, 2.24) is 4.90 Å². The standard InChI is InChI=1S/C26H23ClN2O6/c1-17(2)28(15-18-8-4-3-5-9-18)24(30)16-35-26(32)21-11-7-6-10-20(21)25(31)19-12-13-22(27)23(14-19)29(33)34/h3-14,17H,15-16H2,1-2H3. The fourth-order valence-corrected chi connectivity index (χ4v) is 3.62. The first-order valence-electron chi connectivity index (χ1n) is 10.8. The minimum absolute atomic E-state index is 0.00780. The van der Waals surface area contributed by atoms with Gasteiger partial charge in [-0.3, -0.25) is 19.7 Å². The lowest BCUT2D eigenvalue weighted by Gasteiger charge is -2.26. The smallest absolute Gasteiger partial charge is 0.339 e. The maximum atomic E-state index is 13.0. The third kappa shape index (κ3) is 6.30. The Morgan fingerprint density at radius 3 is 2.23 bits per heavy atom. The molecule has 0 aliphatic heterocycles. The lowest BCUT2D eigenvalue weighted by Crippen LogP contribution is -2.39. The molecule has 0 aliphatic rings. The molecule has 9 heteroatoms. The van der Waals surface area contributed by atoms with Crippen LogP contribution in [-0.4, -0.2) is 40.1 Å². The van der Waals surface area contributed by atoms with Gasteiger partial charge in [-0.2, -0.15) is 0 Å². The highest BCUT2D eigenvalue weighted by molar-refractivity contribution is 6.33. The molecule has 0 aromatic heterocycles. The largest absolute Gasteiger partial charge is 0.452 e. The van der Waals surface area contributed by atoms with Crippen LogP contribution < -0.4 is 0 Å². The van der Waals surface area contributed by atoms with Crippen molar-refractivity contribution in [3.63, 3.8) is 0 Å². The second kappa shape index (κ2) is 11.4. The molecule has 180 valence electrons. The van der Waals surface area contributed by atoms with Gasteiger partial charge in [-0.15, -0.1) is 0 Å². The molecule has 0 bridgehead atoms. The van der Waals surface area contributed by atoms with Crippen LogP contribution in [0.1, 0.15) is 45.7 Å². The number of nitrogens with zero attached hydrogens (tertiary/aromatic N) is 2. The van der Waals surface area contributed by atoms with Crippen LogP contribution in [0.4, 0.5) is 5.69 Å². The molecular weight excluding hydrogens is 472 g/mol. The fourth-order valence-electron chi connectivity index (χ4n) is 3.44. The number of benzene rings is 3. The quantitative estimate of drug-likeness (QED) is 0.178. The van der Waals surface area contributed by atoms with Gasteiger partial charge in [0, 0.05) is 29.8 Å². The number of halogens is 1. The van der Waals surface area contributed by atoms with Gasteiger partial charge in [-0.25, -0.2) is 4.79 Å². The van der Waals surface area contributed by atoms with Crippen molar-refractivity contribution in [1.29, 1.82) is 0 Å². The summed E-state index contributed by atoms with van der Waals surface area (Å²) >= 11 is 5.83. The van der Waals surface area contributed by atoms with E-state index in [2.05, 4.69) is 0 Å². The highest BCUT2D eigenvalue weighted by atomic mass is 35.5. The van der Waals surface area contributed by atoms with Gasteiger partial charge in [0.1, 0.15) is 5.02 Å². The fraction of sp³-hybridized carbons (Fsp3) is 0.192. The Bertz CT molecular complexity index is 1260. The first kappa shape index (κ1) is 25.6. The van der Waals surface area contributed by atoms with Crippen LogP contribution in [0.3, 0.4) is 0 Å². The number of hydrogen-bond acceptors (Lipinski definition) is 6. The Hall–Kier alpha value is -4.04. The van der Waals surface area contributed by atoms with Gasteiger partial charge in [0.05, 0.1) is 10.5 Å². The van der Waals surface area contributed by atoms with Crippen LogP contribution in [-0.2, 0) is 16.1 Å². The van der Waals surface area contributed by atoms with E-state index in [0.717, 1.165) is 11.6 Å². The molecule has 0 spiro atoms. The van der Waals surface area contributed by atoms with Crippen LogP contribution in [0.15, 0.2) is 72.8 Å². The SMILES string of the molecule is CC(C)N(Cc1ccccc1)C(=O)COC(=O)c1ccccc1C(=O)c1ccc(Cl)c([N+](=O)[O-])c1. The molecule has 0 aliphatic carbocycles. The van der Waals surface area contributed by atoms with Crippen molar-refractivity contribution in [2.75, 3.05) is 6.61 Å². The average Bonchev–Trinajstić information content (AvgIpc) is 2.85. The number of ketones is 1. The maximum absolute atomic E-state index is 13.0. The number of nitro benzene ring substituents is 1. The highest BCUT2D eigenvalue weighted by Crippen LogP contribution is 2.27. The Labute approximate surface area is 207 Å². The first-order chi connectivity index (χ1) is 16.7. The zero-order valence-electron chi connectivity index (χ0n) is 19.1. The molecule has 3 aromatic carbocycles. The summed E-state index contributed by atoms with van der Waals surface area (Å²) in [5, 5.41) is 11.1. The summed E-state index contributed by atoms with van der Waals surface area (Å²) in [6.07, 6.45) is 0. The van der Waals surface area contributed by atoms with Crippen molar-refractivity contribution in [2.24, 2.45) is 0 Å². The van der Waals surface area contributed by atoms with E-state index in [1.807, 2.05) is 44.2 Å². The number of nitro groups is 1. The molecule has 0 atom stereocenters. The number of amides is 1. The predicted molar refractivity (Wildman–Crippen MR) is 130 cm³/mol. The number of ether oxygens (including phenoxy) is 1. The molecule has 0 unspecified atom stereocenters. The van der Waals surface area contributed by atoms with Crippen LogP contribution in [0.5, 0.6) is 0 Å². The van der Waals surface area contributed by atoms with Crippen LogP contribution >= 0.6 is 11.6 Å². The van der Waals surface area contributed by atoms with Crippen LogP contribution in [0.25, 0.3) is 0 Å². The van der Waals surface area contributed by atoms with E-state index < -0.39 is 29.0 Å². The van der Waals surface area contributed by atoms with E-state index in [4.69, 9.17) is 16.3 Å². The van der Waals surface area contributed by atoms with Crippen LogP contribution in [0, 0.1) is 10.1 Å². The van der Waals surface area contributed by atoms with Gasteiger partial charge in [0.2, 0.25) is 0 Å². The summed E-state index contributed by atoms with van der Waals surface area (Å²) in [5.41, 5.74) is 0.448. The molecule has 0 radical (unpaired) electrons. The highest BCUT2D eigenvalue weighted by Gasteiger charge is 2.24. The molecule has 0 saturated heterocycles. The Morgan fingerprint density at radius 1 is 0.971 bits per heavy atom. The van der Waals surface area contributed by atoms with E-state index in [-0.39, 0.29) is 33.7 Å². The summed E-state index contributed by atoms with van der Waals surface area (Å²) in [6, 6.07) is 18.9. The van der Waals surface area contributed by atoms with Crippen molar-refractivity contribution >= 4 is 34.9 Å². The number of esters is 1. The molecule has 0 N–H and O–H groups in total. The van der Waals surface area contributed by atoms with Gasteiger partial charge < -0.3 is 9.64 Å². The molecule has 3 rings (SSSR count). The van der Waals surface area contributed by atoms with Gasteiger partial charge in [0.15, 0.2) is 12.4 Å². The second-order valence-electron chi connectivity index (χ2n) is 7.98. The van der Waals surface area contributed by atoms with E-state index in [1.165, 1.54) is 24.3 Å². The molecule has 1 amide bonds. The van der Waals surface area contributed by atoms with E-state index in [9.17, 15) is 24.5 Å². The zero-order valence-corrected chi connectivity index (χ0v) is 19.9. The minimum Gasteiger partial charge on any atom is -0.452 e. The zero-order chi connectivity index (χ0) is 25.5. The van der Waals surface area contributed by atoms with Crippen molar-refractivity contribution in [3.05, 3.63) is 110 Å². The molecule has 0 heterocycles. The molecular formula is C26H23ClN2O6. The third-order valence-corrected chi connectivity index (χ3v) is 5.58. The van der Waals surface area contributed by atoms with Crippen molar-refractivity contribution < 1.29 is 24.0 Å². The van der Waals surface area contributed by atoms with Crippen molar-refractivity contribution in [3.8, 4) is 0 Å². The Balaban J connectivity index is 1.76. The van der Waals surface area contributed by atoms with E-state index in [0.29, 0.717) is 6.54 Å². The topological polar surface area (TPSA) is 107 Å². The van der Waals surface area contributed by atoms with Gasteiger partial charge in [-0.1, -0.05) is 60.1 Å². The van der Waals surface area contributed by atoms with E-state index >= 15 is 0 Å². The molecule has 0 fully saturated rings. The summed E-state index contributed by atoms with van der Waals surface area (Å²) in [4.78, 5) is 50.7. The molecule has 3 aromatic rings. The van der Waals surface area contributed by atoms with Gasteiger partial charge in [-0.05, 0) is 37.6 Å². The minimum atomic E-state index is -0.853. The summed E-state index contributed by atoms with van der Waals surface area (Å²) in [7, 11) is 0. The maximum Gasteiger partial charge on any atom is 0.339 e. The summed E-state index contributed by atoms with van der Waals surface area (Å²) in [6.45, 7) is 3.59. The van der Waals surface area contributed by atoms with Gasteiger partial charge in [0.25, 0.3) is 11.6 Å². The number of carbonyl (C=O) groups is 3. The first-order valence-corrected chi connectivity index (χ1v) is 11.1. The molecule has 8 nitrogen and oxygen atoms in total. The normalized spacial score (nSPS) is 10.6. The summed E-state index contributed by atoms with van der Waals surface area (Å²) < 4.78 is 5.25. The number of rotatable bonds is 9. The predicted octanol–water partition coefficient (Wildman–Crippen LogP) is 5.07. The van der Waals surface area contributed by atoms with Gasteiger partial charge >= 0.3 is 5.97 Å². The summed E-state index contributed by atoms with van der Waals surface area (Å²) in [5.74, 6) is -1.85. The Kier molecular flexibility index (Phi) is 8.33. The Morgan fingerprint density at radius 2 is 1.60 bits per heavy atom. The lowest BCUT2D eigenvalue weighted by molar-refractivity contribution is -0.384. The van der Waals surface area contributed by atoms with E-state index in [1.54, 1.807) is 17.0 Å². The average molecular weight is 495 g/mol. The number of hydrogen-bond donors (Lipinski definition) is 0. The second-order valence-corrected chi connectivity index (χ2v) is 8.38. The number of carbonyl (C=O) groups excluding carboxylic acids is 3. The molecule has 35 heavy (non-hydrogen) atoms. The van der Waals surface area contributed by atoms with Crippen molar-refractivity contribution in [2.45, 2.75) is 26.4 Å². The van der Waals surface area contributed by atoms with Crippen LogP contribution in [0.2, 0.25) is 5.02 Å². The third-order valence-electron chi connectivity index (χ3n) is 5.26. The monoisotopic (exact) mass is 494 g/mol.